The van der Waals surface area contributed by atoms with Crippen LogP contribution in [0.2, 0.25) is 0 Å². The fraction of sp³-hybridized carbons (Fsp3) is 0.296. The minimum absolute atomic E-state index is 0.146. The van der Waals surface area contributed by atoms with Gasteiger partial charge in [0.15, 0.2) is 0 Å². The van der Waals surface area contributed by atoms with Gasteiger partial charge in [0.25, 0.3) is 0 Å². The van der Waals surface area contributed by atoms with Gasteiger partial charge >= 0.3 is 11.8 Å². The van der Waals surface area contributed by atoms with E-state index < -0.39 is 11.8 Å². The highest BCUT2D eigenvalue weighted by molar-refractivity contribution is 6.35. The Kier molecular flexibility index (Phi) is 8.40. The molecule has 1 saturated heterocycles. The molecule has 0 bridgehead atoms. The normalized spacial score (nSPS) is 14.8. The van der Waals surface area contributed by atoms with Crippen LogP contribution in [0.25, 0.3) is 0 Å². The lowest BCUT2D eigenvalue weighted by molar-refractivity contribution is -0.139. The van der Waals surface area contributed by atoms with Crippen molar-refractivity contribution in [1.29, 1.82) is 0 Å². The van der Waals surface area contributed by atoms with Crippen LogP contribution >= 0.6 is 0 Å². The van der Waals surface area contributed by atoms with Gasteiger partial charge in [-0.25, -0.2) is 4.39 Å². The average molecular weight is 476 g/mol. The highest BCUT2D eigenvalue weighted by Crippen LogP contribution is 2.25. The largest absolute Gasteiger partial charge is 0.367 e. The number of benzene rings is 2. The maximum atomic E-state index is 14.2. The molecule has 4 rings (SSSR count). The van der Waals surface area contributed by atoms with E-state index in [4.69, 9.17) is 0 Å². The molecule has 2 aromatic carbocycles. The zero-order valence-electron chi connectivity index (χ0n) is 19.6. The summed E-state index contributed by atoms with van der Waals surface area (Å²) in [6.07, 6.45) is 4.14. The Bertz CT molecular complexity index is 1100. The first-order chi connectivity index (χ1) is 17.1. The molecule has 1 aliphatic rings. The van der Waals surface area contributed by atoms with E-state index in [1.165, 1.54) is 6.07 Å². The van der Waals surface area contributed by atoms with Crippen LogP contribution in [0, 0.1) is 5.82 Å². The number of para-hydroxylation sites is 1. The molecule has 1 fully saturated rings. The van der Waals surface area contributed by atoms with Crippen molar-refractivity contribution in [2.45, 2.75) is 12.5 Å². The zero-order chi connectivity index (χ0) is 24.5. The summed E-state index contributed by atoms with van der Waals surface area (Å²) < 4.78 is 14.2. The Morgan fingerprint density at radius 2 is 1.60 bits per heavy atom. The zero-order valence-corrected chi connectivity index (χ0v) is 19.6. The van der Waals surface area contributed by atoms with E-state index in [1.54, 1.807) is 24.5 Å². The number of nitrogens with zero attached hydrogens (tertiary/aromatic N) is 3. The molecule has 2 heterocycles. The van der Waals surface area contributed by atoms with E-state index in [0.29, 0.717) is 44.8 Å². The molecule has 3 aromatic rings. The second-order valence-corrected chi connectivity index (χ2v) is 8.48. The minimum atomic E-state index is -0.656. The quantitative estimate of drug-likeness (QED) is 0.490. The molecular formula is C27H30FN5O2. The molecule has 1 aliphatic heterocycles. The topological polar surface area (TPSA) is 77.6 Å². The van der Waals surface area contributed by atoms with Crippen molar-refractivity contribution in [3.63, 3.8) is 0 Å². The van der Waals surface area contributed by atoms with E-state index in [-0.39, 0.29) is 18.4 Å². The summed E-state index contributed by atoms with van der Waals surface area (Å²) in [6, 6.07) is 20.3. The highest BCUT2D eigenvalue weighted by atomic mass is 19.1. The molecule has 8 heteroatoms. The molecule has 0 unspecified atom stereocenters. The summed E-state index contributed by atoms with van der Waals surface area (Å²) in [5, 5.41) is 5.47. The van der Waals surface area contributed by atoms with E-state index in [2.05, 4.69) is 20.5 Å². The molecule has 35 heavy (non-hydrogen) atoms. The van der Waals surface area contributed by atoms with E-state index in [1.807, 2.05) is 53.4 Å². The van der Waals surface area contributed by atoms with Crippen LogP contribution in [0.1, 0.15) is 17.2 Å². The molecule has 1 atom stereocenters. The summed E-state index contributed by atoms with van der Waals surface area (Å²) in [5.41, 5.74) is 2.65. The number of amides is 2. The molecule has 182 valence electrons. The van der Waals surface area contributed by atoms with Crippen molar-refractivity contribution in [1.82, 2.24) is 20.5 Å². The molecule has 0 radical (unpaired) electrons. The number of nitrogens with one attached hydrogen (secondary N) is 2. The van der Waals surface area contributed by atoms with E-state index in [0.717, 1.165) is 11.1 Å². The van der Waals surface area contributed by atoms with Crippen LogP contribution in [0.15, 0.2) is 79.1 Å². The Hall–Kier alpha value is -3.78. The third-order valence-corrected chi connectivity index (χ3v) is 6.22. The first-order valence-electron chi connectivity index (χ1n) is 11.8. The fourth-order valence-corrected chi connectivity index (χ4v) is 4.33. The van der Waals surface area contributed by atoms with Gasteiger partial charge in [-0.15, -0.1) is 0 Å². The third kappa shape index (κ3) is 6.64. The van der Waals surface area contributed by atoms with Gasteiger partial charge in [-0.1, -0.05) is 48.5 Å². The number of piperazine rings is 1. The fourth-order valence-electron chi connectivity index (χ4n) is 4.33. The molecule has 7 nitrogen and oxygen atoms in total. The smallest absolute Gasteiger partial charge is 0.309 e. The van der Waals surface area contributed by atoms with Crippen LogP contribution in [-0.2, 0) is 16.0 Å². The maximum absolute atomic E-state index is 14.2. The van der Waals surface area contributed by atoms with Crippen LogP contribution in [-0.4, -0.2) is 61.0 Å². The third-order valence-electron chi connectivity index (χ3n) is 6.22. The van der Waals surface area contributed by atoms with E-state index >= 15 is 0 Å². The number of carbonyl (C=O) groups excluding carboxylic acids is 2. The Morgan fingerprint density at radius 3 is 2.31 bits per heavy atom. The lowest BCUT2D eigenvalue weighted by atomic mass is 10.1. The molecule has 2 N–H and O–H groups in total. The number of rotatable bonds is 8. The summed E-state index contributed by atoms with van der Waals surface area (Å²) in [7, 11) is 0. The van der Waals surface area contributed by atoms with Gasteiger partial charge < -0.3 is 15.5 Å². The van der Waals surface area contributed by atoms with E-state index in [9.17, 15) is 14.0 Å². The number of hydrogen-bond acceptors (Lipinski definition) is 5. The standard InChI is InChI=1S/C27H30FN5O2/c28-23-10-4-5-11-24(23)32-15-17-33(18-16-32)25(22-9-6-13-29-19-22)20-31-27(35)26(34)30-14-12-21-7-2-1-3-8-21/h1-11,13,19,25H,12,14-18,20H2,(H,30,34)(H,31,35)/t25-/m0/s1. The Labute approximate surface area is 205 Å². The van der Waals surface area contributed by atoms with Gasteiger partial charge in [-0.2, -0.15) is 0 Å². The lowest BCUT2D eigenvalue weighted by Gasteiger charge is -2.40. The van der Waals surface area contributed by atoms with Crippen LogP contribution < -0.4 is 15.5 Å². The van der Waals surface area contributed by atoms with Crippen LogP contribution in [0.4, 0.5) is 10.1 Å². The number of hydrogen-bond donors (Lipinski definition) is 2. The lowest BCUT2D eigenvalue weighted by Crippen LogP contribution is -2.51. The molecule has 2 amide bonds. The van der Waals surface area contributed by atoms with Gasteiger partial charge in [0, 0.05) is 51.7 Å². The molecule has 0 saturated carbocycles. The van der Waals surface area contributed by atoms with Crippen molar-refractivity contribution in [3.05, 3.63) is 96.1 Å². The minimum Gasteiger partial charge on any atom is -0.367 e. The number of pyridine rings is 1. The van der Waals surface area contributed by atoms with Gasteiger partial charge in [0.2, 0.25) is 0 Å². The van der Waals surface area contributed by atoms with Crippen molar-refractivity contribution in [3.8, 4) is 0 Å². The SMILES string of the molecule is O=C(NCCc1ccccc1)C(=O)NC[C@@H](c1cccnc1)N1CCN(c2ccccc2F)CC1. The van der Waals surface area contributed by atoms with Gasteiger partial charge in [-0.05, 0) is 35.7 Å². The summed E-state index contributed by atoms with van der Waals surface area (Å²) in [5.74, 6) is -1.53. The molecule has 0 spiro atoms. The maximum Gasteiger partial charge on any atom is 0.309 e. The van der Waals surface area contributed by atoms with Crippen molar-refractivity contribution in [2.75, 3.05) is 44.2 Å². The first kappa shape index (κ1) is 24.3. The number of anilines is 1. The monoisotopic (exact) mass is 475 g/mol. The Balaban J connectivity index is 1.32. The van der Waals surface area contributed by atoms with Crippen molar-refractivity contribution < 1.29 is 14.0 Å². The molecule has 1 aromatic heterocycles. The predicted molar refractivity (Wildman–Crippen MR) is 133 cm³/mol. The van der Waals surface area contributed by atoms with Crippen molar-refractivity contribution >= 4 is 17.5 Å². The highest BCUT2D eigenvalue weighted by Gasteiger charge is 2.27. The average Bonchev–Trinajstić information content (AvgIpc) is 2.90. The number of carbonyl (C=O) groups is 2. The number of halogens is 1. The summed E-state index contributed by atoms with van der Waals surface area (Å²) >= 11 is 0. The first-order valence-corrected chi connectivity index (χ1v) is 11.8. The van der Waals surface area contributed by atoms with Gasteiger partial charge in [0.1, 0.15) is 5.82 Å². The van der Waals surface area contributed by atoms with Gasteiger partial charge in [0.05, 0.1) is 11.7 Å². The van der Waals surface area contributed by atoms with Crippen molar-refractivity contribution in [2.24, 2.45) is 0 Å². The summed E-state index contributed by atoms with van der Waals surface area (Å²) in [6.45, 7) is 3.36. The number of aromatic nitrogens is 1. The second kappa shape index (κ2) is 12.1. The summed E-state index contributed by atoms with van der Waals surface area (Å²) in [4.78, 5) is 33.3. The van der Waals surface area contributed by atoms with Crippen LogP contribution in [0.3, 0.4) is 0 Å². The Morgan fingerprint density at radius 1 is 0.886 bits per heavy atom. The predicted octanol–water partition coefficient (Wildman–Crippen LogP) is 2.56. The van der Waals surface area contributed by atoms with Crippen LogP contribution in [0.5, 0.6) is 0 Å². The molecular weight excluding hydrogens is 445 g/mol. The molecule has 0 aliphatic carbocycles. The second-order valence-electron chi connectivity index (χ2n) is 8.48. The van der Waals surface area contributed by atoms with Gasteiger partial charge in [-0.3, -0.25) is 19.5 Å².